The number of amides is 1. The Balaban J connectivity index is 1.93. The van der Waals surface area contributed by atoms with Crippen LogP contribution in [-0.4, -0.2) is 12.7 Å². The first-order valence-electron chi connectivity index (χ1n) is 5.81. The average Bonchev–Trinajstić information content (AvgIpc) is 2.91. The van der Waals surface area contributed by atoms with Gasteiger partial charge < -0.3 is 14.8 Å². The minimum atomic E-state index is -0.844. The Hall–Kier alpha value is -2.63. The van der Waals surface area contributed by atoms with Gasteiger partial charge in [-0.1, -0.05) is 12.1 Å². The second-order valence-electron chi connectivity index (χ2n) is 4.09. The van der Waals surface area contributed by atoms with Gasteiger partial charge in [-0.3, -0.25) is 4.79 Å². The van der Waals surface area contributed by atoms with Crippen LogP contribution in [0.2, 0.25) is 0 Å². The van der Waals surface area contributed by atoms with Crippen LogP contribution >= 0.6 is 0 Å². The van der Waals surface area contributed by atoms with Crippen LogP contribution in [-0.2, 0) is 0 Å². The average molecular weight is 277 g/mol. The number of rotatable bonds is 2. The summed E-state index contributed by atoms with van der Waals surface area (Å²) < 4.78 is 37.3. The van der Waals surface area contributed by atoms with Gasteiger partial charge >= 0.3 is 0 Å². The second-order valence-corrected chi connectivity index (χ2v) is 4.09. The van der Waals surface area contributed by atoms with Crippen molar-refractivity contribution in [2.24, 2.45) is 0 Å². The number of carbonyl (C=O) groups is 1. The number of nitrogens with one attached hydrogen (secondary N) is 1. The van der Waals surface area contributed by atoms with Crippen LogP contribution in [0.3, 0.4) is 0 Å². The molecule has 0 atom stereocenters. The van der Waals surface area contributed by atoms with Crippen molar-refractivity contribution in [2.45, 2.75) is 0 Å². The lowest BCUT2D eigenvalue weighted by atomic mass is 10.1. The molecule has 0 aliphatic carbocycles. The Bertz CT molecular complexity index is 668. The summed E-state index contributed by atoms with van der Waals surface area (Å²) in [6.07, 6.45) is 0. The van der Waals surface area contributed by atoms with Crippen LogP contribution in [0.1, 0.15) is 10.4 Å². The molecule has 1 N–H and O–H groups in total. The molecule has 2 aromatic rings. The highest BCUT2D eigenvalue weighted by atomic mass is 19.1. The van der Waals surface area contributed by atoms with Crippen LogP contribution < -0.4 is 14.8 Å². The quantitative estimate of drug-likeness (QED) is 0.918. The predicted octanol–water partition coefficient (Wildman–Crippen LogP) is 2.95. The van der Waals surface area contributed by atoms with Crippen LogP contribution in [0.4, 0.5) is 14.5 Å². The fourth-order valence-corrected chi connectivity index (χ4v) is 1.91. The zero-order valence-electron chi connectivity index (χ0n) is 10.2. The molecule has 0 saturated heterocycles. The highest BCUT2D eigenvalue weighted by Gasteiger charge is 2.23. The number of benzene rings is 2. The van der Waals surface area contributed by atoms with E-state index in [1.165, 1.54) is 12.1 Å². The minimum Gasteiger partial charge on any atom is -0.454 e. The van der Waals surface area contributed by atoms with Gasteiger partial charge in [0.2, 0.25) is 6.79 Å². The first-order chi connectivity index (χ1) is 9.66. The van der Waals surface area contributed by atoms with Crippen molar-refractivity contribution in [3.63, 3.8) is 0 Å². The summed E-state index contributed by atoms with van der Waals surface area (Å²) in [4.78, 5) is 12.1. The third-order valence-electron chi connectivity index (χ3n) is 2.84. The van der Waals surface area contributed by atoms with Crippen LogP contribution in [0.25, 0.3) is 0 Å². The molecule has 0 saturated carbocycles. The maximum Gasteiger partial charge on any atom is 0.259 e. The van der Waals surface area contributed by atoms with E-state index >= 15 is 0 Å². The van der Waals surface area contributed by atoms with Crippen molar-refractivity contribution in [3.8, 4) is 11.5 Å². The van der Waals surface area contributed by atoms with Gasteiger partial charge in [0.05, 0.1) is 5.56 Å². The highest BCUT2D eigenvalue weighted by molar-refractivity contribution is 6.06. The SMILES string of the molecule is O=C(Nc1c(F)cccc1F)c1cccc2c1OCO2. The molecule has 3 rings (SSSR count). The molecule has 1 amide bonds. The molecule has 0 aromatic heterocycles. The summed E-state index contributed by atoms with van der Waals surface area (Å²) in [7, 11) is 0. The molecule has 1 heterocycles. The van der Waals surface area contributed by atoms with E-state index < -0.39 is 23.2 Å². The number of fused-ring (bicyclic) bond motifs is 1. The molecule has 1 aliphatic heterocycles. The van der Waals surface area contributed by atoms with E-state index in [4.69, 9.17) is 9.47 Å². The monoisotopic (exact) mass is 277 g/mol. The van der Waals surface area contributed by atoms with E-state index in [0.717, 1.165) is 12.1 Å². The fraction of sp³-hybridized carbons (Fsp3) is 0.0714. The third-order valence-corrected chi connectivity index (χ3v) is 2.84. The van der Waals surface area contributed by atoms with E-state index in [0.29, 0.717) is 5.75 Å². The van der Waals surface area contributed by atoms with Gasteiger partial charge in [0, 0.05) is 0 Å². The number of ether oxygens (including phenoxy) is 2. The summed E-state index contributed by atoms with van der Waals surface area (Å²) in [5, 5.41) is 2.20. The summed E-state index contributed by atoms with van der Waals surface area (Å²) in [5.74, 6) is -1.67. The molecule has 2 aromatic carbocycles. The number of carbonyl (C=O) groups excluding carboxylic acids is 1. The van der Waals surface area contributed by atoms with E-state index in [1.54, 1.807) is 12.1 Å². The third kappa shape index (κ3) is 2.05. The largest absolute Gasteiger partial charge is 0.454 e. The standard InChI is InChI=1S/C14H9F2NO3/c15-9-4-2-5-10(16)12(9)17-14(18)8-3-1-6-11-13(8)20-7-19-11/h1-6H,7H2,(H,17,18). The Morgan fingerprint density at radius 2 is 1.75 bits per heavy atom. The Morgan fingerprint density at radius 3 is 2.50 bits per heavy atom. The summed E-state index contributed by atoms with van der Waals surface area (Å²) >= 11 is 0. The van der Waals surface area contributed by atoms with Gasteiger partial charge in [-0.05, 0) is 24.3 Å². The minimum absolute atomic E-state index is 0.00762. The van der Waals surface area contributed by atoms with Crippen molar-refractivity contribution in [1.29, 1.82) is 0 Å². The van der Waals surface area contributed by atoms with Gasteiger partial charge in [-0.2, -0.15) is 0 Å². The summed E-state index contributed by atoms with van der Waals surface area (Å²) in [5.41, 5.74) is -0.336. The predicted molar refractivity (Wildman–Crippen MR) is 66.9 cm³/mol. The smallest absolute Gasteiger partial charge is 0.259 e. The number of anilines is 1. The fourth-order valence-electron chi connectivity index (χ4n) is 1.91. The van der Waals surface area contributed by atoms with E-state index in [2.05, 4.69) is 5.32 Å². The molecule has 0 radical (unpaired) electrons. The first-order valence-corrected chi connectivity index (χ1v) is 5.81. The molecule has 0 unspecified atom stereocenters. The van der Waals surface area contributed by atoms with Crippen LogP contribution in [0, 0.1) is 11.6 Å². The zero-order chi connectivity index (χ0) is 14.1. The second kappa shape index (κ2) is 4.80. The number of hydrogen-bond donors (Lipinski definition) is 1. The maximum atomic E-state index is 13.5. The van der Waals surface area contributed by atoms with Gasteiger partial charge in [0.25, 0.3) is 5.91 Å². The van der Waals surface area contributed by atoms with E-state index in [1.807, 2.05) is 0 Å². The van der Waals surface area contributed by atoms with Gasteiger partial charge in [-0.15, -0.1) is 0 Å². The first kappa shape index (κ1) is 12.4. The molecule has 0 fully saturated rings. The molecule has 0 bridgehead atoms. The van der Waals surface area contributed by atoms with Crippen LogP contribution in [0.5, 0.6) is 11.5 Å². The van der Waals surface area contributed by atoms with Gasteiger partial charge in [0.1, 0.15) is 17.3 Å². The van der Waals surface area contributed by atoms with E-state index in [9.17, 15) is 13.6 Å². The molecule has 20 heavy (non-hydrogen) atoms. The number of para-hydroxylation sites is 2. The number of halogens is 2. The summed E-state index contributed by atoms with van der Waals surface area (Å²) in [6.45, 7) is 0.00762. The van der Waals surface area contributed by atoms with Crippen molar-refractivity contribution < 1.29 is 23.0 Å². The Labute approximate surface area is 112 Å². The number of hydrogen-bond acceptors (Lipinski definition) is 3. The molecular weight excluding hydrogens is 268 g/mol. The molecule has 4 nitrogen and oxygen atoms in total. The Kier molecular flexibility index (Phi) is 2.98. The molecule has 102 valence electrons. The molecule has 0 spiro atoms. The highest BCUT2D eigenvalue weighted by Crippen LogP contribution is 2.35. The van der Waals surface area contributed by atoms with Gasteiger partial charge in [0.15, 0.2) is 11.5 Å². The van der Waals surface area contributed by atoms with E-state index in [-0.39, 0.29) is 18.1 Å². The van der Waals surface area contributed by atoms with Crippen molar-refractivity contribution in [3.05, 3.63) is 53.6 Å². The molecular formula is C14H9F2NO3. The molecule has 1 aliphatic rings. The topological polar surface area (TPSA) is 47.6 Å². The zero-order valence-corrected chi connectivity index (χ0v) is 10.2. The lowest BCUT2D eigenvalue weighted by Crippen LogP contribution is -2.15. The van der Waals surface area contributed by atoms with Crippen molar-refractivity contribution >= 4 is 11.6 Å². The van der Waals surface area contributed by atoms with Gasteiger partial charge in [-0.25, -0.2) is 8.78 Å². The van der Waals surface area contributed by atoms with Crippen molar-refractivity contribution in [2.75, 3.05) is 12.1 Å². The van der Waals surface area contributed by atoms with Crippen molar-refractivity contribution in [1.82, 2.24) is 0 Å². The lowest BCUT2D eigenvalue weighted by molar-refractivity contribution is 0.102. The summed E-state index contributed by atoms with van der Waals surface area (Å²) in [6, 6.07) is 8.07. The lowest BCUT2D eigenvalue weighted by Gasteiger charge is -2.09. The Morgan fingerprint density at radius 1 is 1.05 bits per heavy atom. The maximum absolute atomic E-state index is 13.5. The normalized spacial score (nSPS) is 12.3. The molecule has 6 heteroatoms. The van der Waals surface area contributed by atoms with Crippen LogP contribution in [0.15, 0.2) is 36.4 Å².